The van der Waals surface area contributed by atoms with Crippen molar-refractivity contribution in [2.75, 3.05) is 0 Å². The van der Waals surface area contributed by atoms with E-state index in [4.69, 9.17) is 11.0 Å². The molecule has 0 aliphatic heterocycles. The van der Waals surface area contributed by atoms with Gasteiger partial charge >= 0.3 is 0 Å². The molecule has 0 atom stereocenters. The van der Waals surface area contributed by atoms with Crippen molar-refractivity contribution in [1.29, 1.82) is 0 Å². The first kappa shape index (κ1) is 21.0. The lowest BCUT2D eigenvalue weighted by Crippen LogP contribution is -2.01. The second-order valence-electron chi connectivity index (χ2n) is 12.1. The van der Waals surface area contributed by atoms with Crippen molar-refractivity contribution in [3.05, 3.63) is 169 Å². The third-order valence-corrected chi connectivity index (χ3v) is 10.6. The number of hydrogen-bond acceptors (Lipinski definition) is 2. The Labute approximate surface area is 299 Å². The molecule has 0 unspecified atom stereocenters. The van der Waals surface area contributed by atoms with Crippen LogP contribution in [0.15, 0.2) is 164 Å². The fraction of sp³-hybridized carbons (Fsp3) is 0.0217. The largest absolute Gasteiger partial charge is 0.296 e. The van der Waals surface area contributed by atoms with Crippen molar-refractivity contribution in [2.45, 2.75) is 6.85 Å². The van der Waals surface area contributed by atoms with Crippen LogP contribution >= 0.6 is 11.3 Å². The molecule has 0 bridgehead atoms. The lowest BCUT2D eigenvalue weighted by Gasteiger charge is -2.21. The third kappa shape index (κ3) is 4.29. The van der Waals surface area contributed by atoms with Crippen LogP contribution in [0, 0.1) is 6.85 Å². The monoisotopic (exact) mass is 650 g/mol. The molecule has 0 radical (unpaired) electrons. The Morgan fingerprint density at radius 2 is 1.24 bits per heavy atom. The zero-order chi connectivity index (χ0) is 39.3. The van der Waals surface area contributed by atoms with E-state index in [0.29, 0.717) is 22.3 Å². The van der Waals surface area contributed by atoms with E-state index in [2.05, 4.69) is 47.4 Å². The average molecular weight is 651 g/mol. The number of fused-ring (bicyclic) bond motifs is 6. The summed E-state index contributed by atoms with van der Waals surface area (Å²) in [5.41, 5.74) is 6.10. The molecule has 0 aliphatic carbocycles. The lowest BCUT2D eigenvalue weighted by molar-refractivity contribution is 1.00. The van der Waals surface area contributed by atoms with Crippen LogP contribution in [0.5, 0.6) is 0 Å². The molecule has 0 N–H and O–H groups in total. The van der Waals surface area contributed by atoms with Crippen molar-refractivity contribution in [3.8, 4) is 39.1 Å². The molecule has 10 rings (SSSR count). The summed E-state index contributed by atoms with van der Waals surface area (Å²) in [6, 6.07) is 42.0. The van der Waals surface area contributed by atoms with Gasteiger partial charge in [0.15, 0.2) is 0 Å². The number of thiophene rings is 1. The van der Waals surface area contributed by atoms with E-state index >= 15 is 0 Å². The Bertz CT molecular complexity index is 3280. The molecule has 10 aromatic rings. The van der Waals surface area contributed by atoms with E-state index in [0.717, 1.165) is 64.0 Å². The molecule has 2 heterocycles. The normalized spacial score (nSPS) is 14.4. The Balaban J connectivity index is 1.39. The van der Waals surface area contributed by atoms with E-state index in [1.165, 1.54) is 0 Å². The van der Waals surface area contributed by atoms with E-state index in [1.807, 2.05) is 91.0 Å². The SMILES string of the molecule is [2H]c1c([2H])c([2H])c(-c2ccc3c(-c4ccccc4-n4c(C([2H])([2H])[2H])nc5ccccc54)c4ccccc4c(-c4cccc5sc6ccccc6c45)c3c2)c([2H])c1[2H]. The zero-order valence-electron chi connectivity index (χ0n) is 34.0. The summed E-state index contributed by atoms with van der Waals surface area (Å²) in [4.78, 5) is 4.63. The van der Waals surface area contributed by atoms with Crippen molar-refractivity contribution in [2.24, 2.45) is 0 Å². The number of aryl methyl sites for hydroxylation is 1. The molecule has 49 heavy (non-hydrogen) atoms. The van der Waals surface area contributed by atoms with Gasteiger partial charge in [-0.25, -0.2) is 4.98 Å². The number of benzene rings is 8. The van der Waals surface area contributed by atoms with Gasteiger partial charge in [-0.15, -0.1) is 11.3 Å². The maximum atomic E-state index is 8.90. The number of para-hydroxylation sites is 3. The highest BCUT2D eigenvalue weighted by atomic mass is 32.1. The third-order valence-electron chi connectivity index (χ3n) is 9.46. The first-order chi connectivity index (χ1) is 27.5. The Hall–Kier alpha value is -6.03. The summed E-state index contributed by atoms with van der Waals surface area (Å²) < 4.78 is 72.7. The lowest BCUT2D eigenvalue weighted by atomic mass is 9.83. The molecule has 0 saturated carbocycles. The van der Waals surface area contributed by atoms with Crippen molar-refractivity contribution in [3.63, 3.8) is 0 Å². The predicted molar refractivity (Wildman–Crippen MR) is 210 cm³/mol. The van der Waals surface area contributed by atoms with Crippen LogP contribution in [-0.2, 0) is 0 Å². The van der Waals surface area contributed by atoms with Gasteiger partial charge in [0, 0.05) is 29.8 Å². The van der Waals surface area contributed by atoms with Crippen LogP contribution in [0.2, 0.25) is 0 Å². The molecular weight excluding hydrogens is 613 g/mol. The molecule has 2 nitrogen and oxygen atoms in total. The fourth-order valence-electron chi connectivity index (χ4n) is 7.44. The van der Waals surface area contributed by atoms with Gasteiger partial charge in [-0.3, -0.25) is 4.57 Å². The molecule has 3 heteroatoms. The summed E-state index contributed by atoms with van der Waals surface area (Å²) in [6.45, 7) is -2.51. The van der Waals surface area contributed by atoms with E-state index in [-0.39, 0.29) is 23.5 Å². The minimum Gasteiger partial charge on any atom is -0.296 e. The van der Waals surface area contributed by atoms with Gasteiger partial charge < -0.3 is 0 Å². The fourth-order valence-corrected chi connectivity index (χ4v) is 8.57. The highest BCUT2D eigenvalue weighted by Crippen LogP contribution is 2.49. The molecule has 0 saturated heterocycles. The van der Waals surface area contributed by atoms with Gasteiger partial charge in [0.05, 0.1) is 23.6 Å². The van der Waals surface area contributed by atoms with E-state index < -0.39 is 25.0 Å². The van der Waals surface area contributed by atoms with Gasteiger partial charge in [-0.2, -0.15) is 0 Å². The average Bonchev–Trinajstić information content (AvgIpc) is 3.81. The maximum absolute atomic E-state index is 8.90. The standard InChI is InChI=1S/C46H30N2S/c1-29-47-39-21-9-11-23-41(39)48(29)40-22-10-7-18-35(40)44-32-16-5-6-17-33(32)45(38-28-31(26-27-34(38)44)30-14-3-2-4-15-30)37-20-13-25-43-46(37)36-19-8-12-24-42(36)49-43/h2-28H,1H3/i1D3,2D,3D,4D,14D,15D. The molecule has 0 amide bonds. The van der Waals surface area contributed by atoms with E-state index in [9.17, 15) is 0 Å². The summed E-state index contributed by atoms with van der Waals surface area (Å²) in [7, 11) is 0. The number of nitrogens with zero attached hydrogens (tertiary/aromatic N) is 2. The van der Waals surface area contributed by atoms with Crippen LogP contribution in [0.25, 0.3) is 91.8 Å². The van der Waals surface area contributed by atoms with Gasteiger partial charge in [0.2, 0.25) is 0 Å². The number of hydrogen-bond donors (Lipinski definition) is 0. The Morgan fingerprint density at radius 3 is 2.10 bits per heavy atom. The van der Waals surface area contributed by atoms with Gasteiger partial charge in [-0.05, 0) is 92.6 Å². The summed E-state index contributed by atoms with van der Waals surface area (Å²) in [5, 5.41) is 5.80. The Kier molecular flexibility index (Phi) is 4.73. The van der Waals surface area contributed by atoms with Crippen LogP contribution < -0.4 is 0 Å². The Morgan fingerprint density at radius 1 is 0.571 bits per heavy atom. The summed E-state index contributed by atoms with van der Waals surface area (Å²) >= 11 is 1.73. The zero-order valence-corrected chi connectivity index (χ0v) is 26.8. The second kappa shape index (κ2) is 11.0. The molecular formula is C46H30N2S. The van der Waals surface area contributed by atoms with Crippen LogP contribution in [-0.4, -0.2) is 9.55 Å². The molecule has 8 aromatic carbocycles. The smallest absolute Gasteiger partial charge is 0.111 e. The van der Waals surface area contributed by atoms with Crippen molar-refractivity contribution >= 4 is 64.1 Å². The quantitative estimate of drug-likeness (QED) is 0.173. The second-order valence-corrected chi connectivity index (χ2v) is 13.2. The number of aromatic nitrogens is 2. The number of imidazole rings is 1. The summed E-state index contributed by atoms with van der Waals surface area (Å²) in [5.74, 6) is -0.0409. The first-order valence-corrected chi connectivity index (χ1v) is 16.9. The first-order valence-electron chi connectivity index (χ1n) is 20.1. The van der Waals surface area contributed by atoms with Gasteiger partial charge in [0.1, 0.15) is 5.82 Å². The predicted octanol–water partition coefficient (Wildman–Crippen LogP) is 13.0. The van der Waals surface area contributed by atoms with Crippen LogP contribution in [0.1, 0.15) is 16.8 Å². The van der Waals surface area contributed by atoms with E-state index in [1.54, 1.807) is 15.9 Å². The van der Waals surface area contributed by atoms with Crippen molar-refractivity contribution in [1.82, 2.24) is 9.55 Å². The highest BCUT2D eigenvalue weighted by molar-refractivity contribution is 7.25. The molecule has 230 valence electrons. The van der Waals surface area contributed by atoms with Gasteiger partial charge in [0.25, 0.3) is 0 Å². The minimum absolute atomic E-state index is 0.0409. The molecule has 0 spiro atoms. The highest BCUT2D eigenvalue weighted by Gasteiger charge is 2.22. The molecule has 2 aromatic heterocycles. The minimum atomic E-state index is -2.51. The molecule has 0 aliphatic rings. The number of rotatable bonds is 4. The maximum Gasteiger partial charge on any atom is 0.111 e. The van der Waals surface area contributed by atoms with Crippen LogP contribution in [0.4, 0.5) is 0 Å². The van der Waals surface area contributed by atoms with Crippen LogP contribution in [0.3, 0.4) is 0 Å². The summed E-state index contributed by atoms with van der Waals surface area (Å²) in [6.07, 6.45) is 0. The van der Waals surface area contributed by atoms with Gasteiger partial charge in [-0.1, -0.05) is 127 Å². The topological polar surface area (TPSA) is 17.8 Å². The van der Waals surface area contributed by atoms with Crippen molar-refractivity contribution < 1.29 is 11.0 Å². The molecule has 0 fully saturated rings.